The summed E-state index contributed by atoms with van der Waals surface area (Å²) < 4.78 is 0. The Hall–Kier alpha value is -3.14. The molecule has 0 aromatic heterocycles. The van der Waals surface area contributed by atoms with Gasteiger partial charge >= 0.3 is 0 Å². The summed E-state index contributed by atoms with van der Waals surface area (Å²) in [6.45, 7) is 5.96. The standard InChI is InChI=1S/C21H22N4/c1-13-10-19(15(3)9-17(13)22)25-20-11-14(2)18(23)12-21(20)24-16-7-5-4-6-8-16/h4-12H,22-23H2,1-3H3. The molecular weight excluding hydrogens is 308 g/mol. The van der Waals surface area contributed by atoms with Crippen molar-refractivity contribution >= 4 is 28.5 Å². The van der Waals surface area contributed by atoms with E-state index in [0.29, 0.717) is 5.70 Å². The number of hydrogen-bond donors (Lipinski definition) is 2. The first-order valence-electron chi connectivity index (χ1n) is 8.19. The number of allylic oxidation sites excluding steroid dienone is 3. The fourth-order valence-electron chi connectivity index (χ4n) is 2.59. The molecule has 0 unspecified atom stereocenters. The van der Waals surface area contributed by atoms with Gasteiger partial charge in [-0.2, -0.15) is 0 Å². The molecule has 1 aliphatic carbocycles. The summed E-state index contributed by atoms with van der Waals surface area (Å²) in [4.78, 5) is 9.55. The van der Waals surface area contributed by atoms with E-state index in [0.717, 1.165) is 45.2 Å². The molecule has 25 heavy (non-hydrogen) atoms. The molecule has 4 nitrogen and oxygen atoms in total. The van der Waals surface area contributed by atoms with Crippen molar-refractivity contribution in [1.82, 2.24) is 0 Å². The lowest BCUT2D eigenvalue weighted by Gasteiger charge is -2.14. The van der Waals surface area contributed by atoms with Gasteiger partial charge in [-0.15, -0.1) is 0 Å². The highest BCUT2D eigenvalue weighted by Crippen LogP contribution is 2.26. The SMILES string of the molecule is CC1=CC(=Nc2cc(C)c(N)cc2C)C(=Nc2ccccc2)C=C1N. The van der Waals surface area contributed by atoms with Crippen LogP contribution < -0.4 is 11.5 Å². The number of nitrogens with zero attached hydrogens (tertiary/aromatic N) is 2. The van der Waals surface area contributed by atoms with Crippen LogP contribution in [0.4, 0.5) is 17.1 Å². The van der Waals surface area contributed by atoms with Gasteiger partial charge in [0.05, 0.1) is 22.8 Å². The zero-order valence-corrected chi connectivity index (χ0v) is 14.7. The van der Waals surface area contributed by atoms with Crippen LogP contribution in [0, 0.1) is 13.8 Å². The number of anilines is 1. The Labute approximate surface area is 148 Å². The van der Waals surface area contributed by atoms with Gasteiger partial charge in [-0.25, -0.2) is 9.98 Å². The summed E-state index contributed by atoms with van der Waals surface area (Å²) in [7, 11) is 0. The van der Waals surface area contributed by atoms with Crippen molar-refractivity contribution in [2.45, 2.75) is 20.8 Å². The average molecular weight is 330 g/mol. The summed E-state index contributed by atoms with van der Waals surface area (Å²) in [5, 5.41) is 0. The van der Waals surface area contributed by atoms with Crippen molar-refractivity contribution in [3.05, 3.63) is 77.0 Å². The molecule has 0 heterocycles. The van der Waals surface area contributed by atoms with Crippen LogP contribution in [0.3, 0.4) is 0 Å². The van der Waals surface area contributed by atoms with E-state index in [1.165, 1.54) is 0 Å². The first-order chi connectivity index (χ1) is 11.9. The second kappa shape index (κ2) is 6.77. The molecule has 0 bridgehead atoms. The van der Waals surface area contributed by atoms with E-state index in [-0.39, 0.29) is 0 Å². The van der Waals surface area contributed by atoms with E-state index in [4.69, 9.17) is 21.5 Å². The lowest BCUT2D eigenvalue weighted by Crippen LogP contribution is -2.18. The van der Waals surface area contributed by atoms with Crippen LogP contribution in [0.5, 0.6) is 0 Å². The molecule has 0 aliphatic heterocycles. The van der Waals surface area contributed by atoms with Crippen molar-refractivity contribution in [2.24, 2.45) is 15.7 Å². The predicted molar refractivity (Wildman–Crippen MR) is 107 cm³/mol. The minimum absolute atomic E-state index is 0.707. The molecule has 0 atom stereocenters. The van der Waals surface area contributed by atoms with Crippen LogP contribution >= 0.6 is 0 Å². The third kappa shape index (κ3) is 3.69. The van der Waals surface area contributed by atoms with Gasteiger partial charge in [0, 0.05) is 11.4 Å². The monoisotopic (exact) mass is 330 g/mol. The van der Waals surface area contributed by atoms with Gasteiger partial charge in [-0.05, 0) is 73.9 Å². The van der Waals surface area contributed by atoms with E-state index < -0.39 is 0 Å². The number of aryl methyl sites for hydroxylation is 2. The number of hydrogen-bond acceptors (Lipinski definition) is 4. The molecule has 0 fully saturated rings. The van der Waals surface area contributed by atoms with E-state index in [1.54, 1.807) is 0 Å². The fraction of sp³-hybridized carbons (Fsp3) is 0.143. The van der Waals surface area contributed by atoms with Crippen LogP contribution in [0.2, 0.25) is 0 Å². The van der Waals surface area contributed by atoms with Crippen molar-refractivity contribution < 1.29 is 0 Å². The van der Waals surface area contributed by atoms with Crippen molar-refractivity contribution in [3.8, 4) is 0 Å². The largest absolute Gasteiger partial charge is 0.399 e. The maximum absolute atomic E-state index is 6.09. The normalized spacial score (nSPS) is 17.6. The molecule has 0 spiro atoms. The molecule has 4 heteroatoms. The molecule has 4 N–H and O–H groups in total. The van der Waals surface area contributed by atoms with Crippen molar-refractivity contribution in [2.75, 3.05) is 5.73 Å². The maximum Gasteiger partial charge on any atom is 0.0914 e. The average Bonchev–Trinajstić information content (AvgIpc) is 2.58. The molecule has 0 amide bonds. The highest BCUT2D eigenvalue weighted by Gasteiger charge is 2.14. The molecule has 1 aliphatic rings. The Kier molecular flexibility index (Phi) is 4.52. The number of benzene rings is 2. The molecule has 3 rings (SSSR count). The fourth-order valence-corrected chi connectivity index (χ4v) is 2.59. The molecule has 2 aromatic rings. The molecule has 2 aromatic carbocycles. The van der Waals surface area contributed by atoms with E-state index in [1.807, 2.05) is 75.4 Å². The van der Waals surface area contributed by atoms with Crippen LogP contribution in [0.25, 0.3) is 0 Å². The maximum atomic E-state index is 6.09. The van der Waals surface area contributed by atoms with Gasteiger partial charge in [0.25, 0.3) is 0 Å². The van der Waals surface area contributed by atoms with Gasteiger partial charge < -0.3 is 11.5 Å². The number of aliphatic imine (C=N–C) groups is 2. The Morgan fingerprint density at radius 2 is 1.44 bits per heavy atom. The highest BCUT2D eigenvalue weighted by atomic mass is 14.8. The zero-order valence-electron chi connectivity index (χ0n) is 14.7. The van der Waals surface area contributed by atoms with Crippen LogP contribution in [-0.2, 0) is 0 Å². The molecular formula is C21H22N4. The quantitative estimate of drug-likeness (QED) is 0.627. The summed E-state index contributed by atoms with van der Waals surface area (Å²) in [5.41, 5.74) is 19.9. The lowest BCUT2D eigenvalue weighted by atomic mass is 10.0. The minimum Gasteiger partial charge on any atom is -0.399 e. The minimum atomic E-state index is 0.707. The first kappa shape index (κ1) is 16.7. The second-order valence-corrected chi connectivity index (χ2v) is 6.25. The second-order valence-electron chi connectivity index (χ2n) is 6.25. The van der Waals surface area contributed by atoms with Crippen molar-refractivity contribution in [3.63, 3.8) is 0 Å². The van der Waals surface area contributed by atoms with Crippen LogP contribution in [-0.4, -0.2) is 11.4 Å². The summed E-state index contributed by atoms with van der Waals surface area (Å²) in [5.74, 6) is 0. The molecule has 126 valence electrons. The number of nitrogens with two attached hydrogens (primary N) is 2. The van der Waals surface area contributed by atoms with Gasteiger partial charge in [0.15, 0.2) is 0 Å². The third-order valence-electron chi connectivity index (χ3n) is 4.19. The molecule has 0 saturated carbocycles. The van der Waals surface area contributed by atoms with E-state index in [9.17, 15) is 0 Å². The third-order valence-corrected chi connectivity index (χ3v) is 4.19. The van der Waals surface area contributed by atoms with Crippen molar-refractivity contribution in [1.29, 1.82) is 0 Å². The number of nitrogen functional groups attached to an aromatic ring is 1. The summed E-state index contributed by atoms with van der Waals surface area (Å²) in [6, 6.07) is 13.8. The smallest absolute Gasteiger partial charge is 0.0914 e. The number of rotatable bonds is 2. The first-order valence-corrected chi connectivity index (χ1v) is 8.19. The van der Waals surface area contributed by atoms with Gasteiger partial charge in [0.2, 0.25) is 0 Å². The molecule has 0 saturated heterocycles. The lowest BCUT2D eigenvalue weighted by molar-refractivity contribution is 1.29. The summed E-state index contributed by atoms with van der Waals surface area (Å²) >= 11 is 0. The summed E-state index contributed by atoms with van der Waals surface area (Å²) in [6.07, 6.45) is 3.85. The van der Waals surface area contributed by atoms with Gasteiger partial charge in [0.1, 0.15) is 0 Å². The predicted octanol–water partition coefficient (Wildman–Crippen LogP) is 4.53. The zero-order chi connectivity index (χ0) is 18.0. The van der Waals surface area contributed by atoms with E-state index >= 15 is 0 Å². The Balaban J connectivity index is 2.11. The van der Waals surface area contributed by atoms with E-state index in [2.05, 4.69) is 0 Å². The highest BCUT2D eigenvalue weighted by molar-refractivity contribution is 6.52. The number of para-hydroxylation sites is 1. The topological polar surface area (TPSA) is 76.8 Å². The molecule has 0 radical (unpaired) electrons. The Morgan fingerprint density at radius 1 is 0.760 bits per heavy atom. The van der Waals surface area contributed by atoms with Gasteiger partial charge in [-0.3, -0.25) is 0 Å². The Bertz CT molecular complexity index is 932. The van der Waals surface area contributed by atoms with Crippen LogP contribution in [0.1, 0.15) is 18.1 Å². The van der Waals surface area contributed by atoms with Crippen LogP contribution in [0.15, 0.2) is 75.9 Å². The van der Waals surface area contributed by atoms with Gasteiger partial charge in [-0.1, -0.05) is 18.2 Å². The Morgan fingerprint density at radius 3 is 2.16 bits per heavy atom.